The molecule has 0 bridgehead atoms. The third-order valence-electron chi connectivity index (χ3n) is 3.53. The standard InChI is InChI=1S/C17H17F3N2O2/c18-11-1-4-13(5-2-11)22(8-7-17(21)24)10-16(23)14-6-3-12(19)9-15(14)20/h1-6,9,16,23H,7-8,10H2,(H2,21,24). The van der Waals surface area contributed by atoms with Crippen LogP contribution in [0, 0.1) is 17.5 Å². The molecule has 0 spiro atoms. The molecule has 2 aromatic carbocycles. The Morgan fingerprint density at radius 2 is 1.71 bits per heavy atom. The molecule has 4 nitrogen and oxygen atoms in total. The molecule has 24 heavy (non-hydrogen) atoms. The molecular weight excluding hydrogens is 321 g/mol. The molecule has 0 saturated heterocycles. The summed E-state index contributed by atoms with van der Waals surface area (Å²) in [4.78, 5) is 12.6. The Morgan fingerprint density at radius 3 is 2.29 bits per heavy atom. The molecule has 1 atom stereocenters. The van der Waals surface area contributed by atoms with Gasteiger partial charge in [0.05, 0.1) is 6.10 Å². The second-order valence-corrected chi connectivity index (χ2v) is 5.32. The van der Waals surface area contributed by atoms with Gasteiger partial charge in [0.15, 0.2) is 0 Å². The maximum Gasteiger partial charge on any atom is 0.219 e. The first-order valence-electron chi connectivity index (χ1n) is 7.28. The summed E-state index contributed by atoms with van der Waals surface area (Å²) in [5.41, 5.74) is 5.61. The highest BCUT2D eigenvalue weighted by molar-refractivity contribution is 5.74. The predicted molar refractivity (Wildman–Crippen MR) is 83.7 cm³/mol. The SMILES string of the molecule is NC(=O)CCN(CC(O)c1ccc(F)cc1F)c1ccc(F)cc1. The monoisotopic (exact) mass is 338 g/mol. The van der Waals surface area contributed by atoms with Crippen LogP contribution in [0.5, 0.6) is 0 Å². The Kier molecular flexibility index (Phi) is 5.81. The number of aliphatic hydroxyl groups excluding tert-OH is 1. The largest absolute Gasteiger partial charge is 0.386 e. The van der Waals surface area contributed by atoms with Gasteiger partial charge in [-0.15, -0.1) is 0 Å². The smallest absolute Gasteiger partial charge is 0.219 e. The van der Waals surface area contributed by atoms with Gasteiger partial charge in [-0.25, -0.2) is 13.2 Å². The van der Waals surface area contributed by atoms with Crippen LogP contribution in [0.4, 0.5) is 18.9 Å². The lowest BCUT2D eigenvalue weighted by molar-refractivity contribution is -0.117. The van der Waals surface area contributed by atoms with E-state index in [9.17, 15) is 23.1 Å². The number of nitrogens with two attached hydrogens (primary N) is 1. The summed E-state index contributed by atoms with van der Waals surface area (Å²) < 4.78 is 39.8. The highest BCUT2D eigenvalue weighted by Gasteiger charge is 2.18. The molecule has 7 heteroatoms. The number of anilines is 1. The number of nitrogens with zero attached hydrogens (tertiary/aromatic N) is 1. The number of primary amides is 1. The molecule has 0 aromatic heterocycles. The van der Waals surface area contributed by atoms with Gasteiger partial charge in [-0.2, -0.15) is 0 Å². The lowest BCUT2D eigenvalue weighted by Gasteiger charge is -2.27. The van der Waals surface area contributed by atoms with Crippen LogP contribution in [-0.2, 0) is 4.79 Å². The lowest BCUT2D eigenvalue weighted by Crippen LogP contribution is -2.32. The van der Waals surface area contributed by atoms with Gasteiger partial charge in [-0.05, 0) is 30.3 Å². The summed E-state index contributed by atoms with van der Waals surface area (Å²) in [5.74, 6) is -2.58. The van der Waals surface area contributed by atoms with Gasteiger partial charge in [0.1, 0.15) is 17.5 Å². The number of carbonyl (C=O) groups excluding carboxylic acids is 1. The fourth-order valence-corrected chi connectivity index (χ4v) is 2.30. The average molecular weight is 338 g/mol. The number of halogens is 3. The Bertz CT molecular complexity index is 707. The number of amides is 1. The van der Waals surface area contributed by atoms with E-state index in [1.807, 2.05) is 0 Å². The quantitative estimate of drug-likeness (QED) is 0.815. The van der Waals surface area contributed by atoms with Crippen LogP contribution in [0.15, 0.2) is 42.5 Å². The predicted octanol–water partition coefficient (Wildman–Crippen LogP) is 2.52. The van der Waals surface area contributed by atoms with Gasteiger partial charge in [-0.3, -0.25) is 4.79 Å². The van der Waals surface area contributed by atoms with Crippen LogP contribution in [-0.4, -0.2) is 24.1 Å². The van der Waals surface area contributed by atoms with Crippen molar-refractivity contribution in [3.63, 3.8) is 0 Å². The van der Waals surface area contributed by atoms with Crippen LogP contribution >= 0.6 is 0 Å². The second kappa shape index (κ2) is 7.83. The maximum absolute atomic E-state index is 13.8. The van der Waals surface area contributed by atoms with Crippen LogP contribution in [0.1, 0.15) is 18.1 Å². The molecule has 3 N–H and O–H groups in total. The third kappa shape index (κ3) is 4.73. The van der Waals surface area contributed by atoms with Crippen molar-refractivity contribution < 1.29 is 23.1 Å². The van der Waals surface area contributed by atoms with E-state index >= 15 is 0 Å². The van der Waals surface area contributed by atoms with E-state index in [-0.39, 0.29) is 25.1 Å². The number of hydrogen-bond donors (Lipinski definition) is 2. The second-order valence-electron chi connectivity index (χ2n) is 5.32. The summed E-state index contributed by atoms with van der Waals surface area (Å²) in [6.07, 6.45) is -1.25. The number of aliphatic hydroxyl groups is 1. The Balaban J connectivity index is 2.20. The van der Waals surface area contributed by atoms with Crippen molar-refractivity contribution in [3.05, 3.63) is 65.5 Å². The third-order valence-corrected chi connectivity index (χ3v) is 3.53. The minimum atomic E-state index is -1.26. The van der Waals surface area contributed by atoms with E-state index in [4.69, 9.17) is 5.73 Å². The average Bonchev–Trinajstić information content (AvgIpc) is 2.52. The molecule has 1 unspecified atom stereocenters. The van der Waals surface area contributed by atoms with Crippen molar-refractivity contribution in [2.24, 2.45) is 5.73 Å². The van der Waals surface area contributed by atoms with Gasteiger partial charge < -0.3 is 15.7 Å². The molecule has 0 aliphatic heterocycles. The highest BCUT2D eigenvalue weighted by Crippen LogP contribution is 2.23. The first kappa shape index (κ1) is 17.8. The Labute approximate surface area is 137 Å². The fraction of sp³-hybridized carbons (Fsp3) is 0.235. The van der Waals surface area contributed by atoms with Gasteiger partial charge in [0.2, 0.25) is 5.91 Å². The zero-order chi connectivity index (χ0) is 17.7. The van der Waals surface area contributed by atoms with E-state index in [0.29, 0.717) is 11.8 Å². The van der Waals surface area contributed by atoms with Gasteiger partial charge in [0, 0.05) is 36.8 Å². The number of benzene rings is 2. The maximum atomic E-state index is 13.8. The van der Waals surface area contributed by atoms with Crippen molar-refractivity contribution in [2.45, 2.75) is 12.5 Å². The first-order chi connectivity index (χ1) is 11.4. The van der Waals surface area contributed by atoms with Crippen LogP contribution in [0.3, 0.4) is 0 Å². The van der Waals surface area contributed by atoms with Crippen LogP contribution < -0.4 is 10.6 Å². The molecule has 0 heterocycles. The van der Waals surface area contributed by atoms with Gasteiger partial charge in [-0.1, -0.05) is 6.07 Å². The Morgan fingerprint density at radius 1 is 1.08 bits per heavy atom. The summed E-state index contributed by atoms with van der Waals surface area (Å²) in [6, 6.07) is 8.31. The molecule has 2 aromatic rings. The van der Waals surface area contributed by atoms with Crippen LogP contribution in [0.25, 0.3) is 0 Å². The minimum Gasteiger partial charge on any atom is -0.386 e. The van der Waals surface area contributed by atoms with E-state index in [0.717, 1.165) is 12.1 Å². The zero-order valence-corrected chi connectivity index (χ0v) is 12.8. The molecular formula is C17H17F3N2O2. The van der Waals surface area contributed by atoms with E-state index in [1.54, 1.807) is 4.90 Å². The molecule has 0 saturated carbocycles. The van der Waals surface area contributed by atoms with Crippen LogP contribution in [0.2, 0.25) is 0 Å². The van der Waals surface area contributed by atoms with E-state index in [2.05, 4.69) is 0 Å². The van der Waals surface area contributed by atoms with Crippen molar-refractivity contribution >= 4 is 11.6 Å². The van der Waals surface area contributed by atoms with Gasteiger partial charge >= 0.3 is 0 Å². The topological polar surface area (TPSA) is 66.6 Å². The van der Waals surface area contributed by atoms with Gasteiger partial charge in [0.25, 0.3) is 0 Å². The molecule has 0 fully saturated rings. The summed E-state index contributed by atoms with van der Waals surface area (Å²) >= 11 is 0. The molecule has 0 radical (unpaired) electrons. The summed E-state index contributed by atoms with van der Waals surface area (Å²) in [6.45, 7) is 0.0995. The van der Waals surface area contributed by atoms with E-state index in [1.165, 1.54) is 24.3 Å². The number of hydrogen-bond acceptors (Lipinski definition) is 3. The van der Waals surface area contributed by atoms with Crippen molar-refractivity contribution in [1.82, 2.24) is 0 Å². The summed E-state index contributed by atoms with van der Waals surface area (Å²) in [7, 11) is 0. The fourth-order valence-electron chi connectivity index (χ4n) is 2.30. The Hall–Kier alpha value is -2.54. The molecule has 2 rings (SSSR count). The molecule has 0 aliphatic rings. The zero-order valence-electron chi connectivity index (χ0n) is 12.8. The van der Waals surface area contributed by atoms with Crippen molar-refractivity contribution in [1.29, 1.82) is 0 Å². The van der Waals surface area contributed by atoms with Crippen molar-refractivity contribution in [3.8, 4) is 0 Å². The molecule has 1 amide bonds. The number of carbonyl (C=O) groups is 1. The molecule has 0 aliphatic carbocycles. The van der Waals surface area contributed by atoms with E-state index < -0.39 is 29.5 Å². The van der Waals surface area contributed by atoms with Crippen molar-refractivity contribution in [2.75, 3.05) is 18.0 Å². The number of rotatable bonds is 7. The lowest BCUT2D eigenvalue weighted by atomic mass is 10.1. The summed E-state index contributed by atoms with van der Waals surface area (Å²) in [5, 5.41) is 10.2. The highest BCUT2D eigenvalue weighted by atomic mass is 19.1. The molecule has 128 valence electrons. The normalized spacial score (nSPS) is 12.0. The minimum absolute atomic E-state index is 0.00992. The first-order valence-corrected chi connectivity index (χ1v) is 7.28.